The molecule has 0 aliphatic carbocycles. The summed E-state index contributed by atoms with van der Waals surface area (Å²) < 4.78 is 0. The van der Waals surface area contributed by atoms with Gasteiger partial charge >= 0.3 is 0 Å². The Kier molecular flexibility index (Phi) is 3.42. The van der Waals surface area contributed by atoms with Crippen LogP contribution in [0.1, 0.15) is 34.0 Å². The predicted octanol–water partition coefficient (Wildman–Crippen LogP) is -0.327. The van der Waals surface area contributed by atoms with E-state index in [2.05, 4.69) is 5.32 Å². The third-order valence-electron chi connectivity index (χ3n) is 2.99. The number of aliphatic hydroxyl groups excluding tert-OH is 2. The summed E-state index contributed by atoms with van der Waals surface area (Å²) in [5, 5.41) is 22.3. The number of hydrogen-bond acceptors (Lipinski definition) is 4. The van der Waals surface area contributed by atoms with Gasteiger partial charge in [0.1, 0.15) is 6.10 Å². The molecule has 1 aliphatic heterocycles. The van der Waals surface area contributed by atoms with Crippen molar-refractivity contribution in [1.82, 2.24) is 5.32 Å². The lowest BCUT2D eigenvalue weighted by Gasteiger charge is -2.17. The number of hydrogen-bond donors (Lipinski definition) is 4. The quantitative estimate of drug-likeness (QED) is 0.576. The molecule has 0 radical (unpaired) electrons. The molecule has 1 heterocycles. The highest BCUT2D eigenvalue weighted by atomic mass is 16.3. The maximum absolute atomic E-state index is 11.5. The highest BCUT2D eigenvalue weighted by Gasteiger charge is 2.23. The molecule has 0 saturated carbocycles. The Labute approximate surface area is 99.3 Å². The number of nitrogens with two attached hydrogens (primary N) is 1. The largest absolute Gasteiger partial charge is 0.390 e. The maximum atomic E-state index is 11.5. The summed E-state index contributed by atoms with van der Waals surface area (Å²) in [5.41, 5.74) is 7.35. The zero-order valence-corrected chi connectivity index (χ0v) is 9.39. The van der Waals surface area contributed by atoms with Crippen LogP contribution >= 0.6 is 0 Å². The van der Waals surface area contributed by atoms with Crippen LogP contribution in [0.4, 0.5) is 0 Å². The zero-order valence-electron chi connectivity index (χ0n) is 9.39. The minimum atomic E-state index is -1.00. The molecule has 0 saturated heterocycles. The van der Waals surface area contributed by atoms with Crippen LogP contribution < -0.4 is 11.1 Å². The molecule has 17 heavy (non-hydrogen) atoms. The van der Waals surface area contributed by atoms with E-state index in [9.17, 15) is 15.0 Å². The van der Waals surface area contributed by atoms with Gasteiger partial charge < -0.3 is 21.3 Å². The van der Waals surface area contributed by atoms with E-state index in [4.69, 9.17) is 5.73 Å². The highest BCUT2D eigenvalue weighted by molar-refractivity contribution is 5.98. The molecule has 1 aromatic carbocycles. The minimum Gasteiger partial charge on any atom is -0.390 e. The van der Waals surface area contributed by atoms with E-state index in [0.29, 0.717) is 30.6 Å². The number of benzene rings is 1. The molecule has 0 bridgehead atoms. The van der Waals surface area contributed by atoms with Crippen LogP contribution in [0.15, 0.2) is 18.2 Å². The van der Waals surface area contributed by atoms with E-state index >= 15 is 0 Å². The van der Waals surface area contributed by atoms with Crippen molar-refractivity contribution in [2.24, 2.45) is 5.73 Å². The van der Waals surface area contributed by atoms with Crippen LogP contribution in [0.25, 0.3) is 0 Å². The number of fused-ring (bicyclic) bond motifs is 1. The summed E-state index contributed by atoms with van der Waals surface area (Å²) in [4.78, 5) is 11.5. The maximum Gasteiger partial charge on any atom is 0.251 e. The van der Waals surface area contributed by atoms with E-state index in [1.165, 1.54) is 0 Å². The summed E-state index contributed by atoms with van der Waals surface area (Å²) in [6.07, 6.45) is -1.58. The van der Waals surface area contributed by atoms with Gasteiger partial charge in [0.05, 0.1) is 6.10 Å². The van der Waals surface area contributed by atoms with Crippen LogP contribution in [0.2, 0.25) is 0 Å². The fourth-order valence-electron chi connectivity index (χ4n) is 1.97. The van der Waals surface area contributed by atoms with Gasteiger partial charge in [-0.1, -0.05) is 12.1 Å². The molecular formula is C12H16N2O3. The Morgan fingerprint density at radius 3 is 2.88 bits per heavy atom. The van der Waals surface area contributed by atoms with Gasteiger partial charge in [0.15, 0.2) is 0 Å². The zero-order chi connectivity index (χ0) is 12.4. The molecule has 5 nitrogen and oxygen atoms in total. The van der Waals surface area contributed by atoms with Gasteiger partial charge in [-0.05, 0) is 30.2 Å². The van der Waals surface area contributed by atoms with Crippen molar-refractivity contribution >= 4 is 5.91 Å². The van der Waals surface area contributed by atoms with Crippen LogP contribution in [-0.2, 0) is 6.54 Å². The van der Waals surface area contributed by atoms with Gasteiger partial charge in [0.25, 0.3) is 5.91 Å². The highest BCUT2D eigenvalue weighted by Crippen LogP contribution is 2.24. The number of carbonyl (C=O) groups excluding carboxylic acids is 1. The van der Waals surface area contributed by atoms with E-state index in [1.54, 1.807) is 18.2 Å². The number of aliphatic hydroxyl groups is 2. The third kappa shape index (κ3) is 2.31. The average molecular weight is 236 g/mol. The summed E-state index contributed by atoms with van der Waals surface area (Å²) in [7, 11) is 0. The fraction of sp³-hybridized carbons (Fsp3) is 0.417. The van der Waals surface area contributed by atoms with Crippen molar-refractivity contribution in [3.05, 3.63) is 34.9 Å². The molecule has 5 N–H and O–H groups in total. The van der Waals surface area contributed by atoms with Gasteiger partial charge in [0, 0.05) is 12.1 Å². The summed E-state index contributed by atoms with van der Waals surface area (Å²) in [6, 6.07) is 5.15. The second-order valence-electron chi connectivity index (χ2n) is 4.19. The van der Waals surface area contributed by atoms with Crippen molar-refractivity contribution < 1.29 is 15.0 Å². The lowest BCUT2D eigenvalue weighted by Crippen LogP contribution is -2.22. The smallest absolute Gasteiger partial charge is 0.251 e. The third-order valence-corrected chi connectivity index (χ3v) is 2.99. The van der Waals surface area contributed by atoms with E-state index in [0.717, 1.165) is 5.56 Å². The molecule has 2 atom stereocenters. The molecule has 0 spiro atoms. The van der Waals surface area contributed by atoms with E-state index in [-0.39, 0.29) is 5.91 Å². The van der Waals surface area contributed by atoms with E-state index < -0.39 is 12.2 Å². The standard InChI is InChI=1S/C12H16N2O3/c13-4-3-10(15)11(16)7-1-2-8-6-14-12(17)9(8)5-7/h1-2,5,10-11,15-16H,3-4,6,13H2,(H,14,17). The topological polar surface area (TPSA) is 95.6 Å². The van der Waals surface area contributed by atoms with Gasteiger partial charge in [-0.2, -0.15) is 0 Å². The van der Waals surface area contributed by atoms with Crippen LogP contribution in [0.3, 0.4) is 0 Å². The molecule has 0 fully saturated rings. The van der Waals surface area contributed by atoms with Crippen molar-refractivity contribution in [3.63, 3.8) is 0 Å². The molecule has 2 unspecified atom stereocenters. The van der Waals surface area contributed by atoms with Crippen LogP contribution in [0, 0.1) is 0 Å². The molecular weight excluding hydrogens is 220 g/mol. The molecule has 1 amide bonds. The second kappa shape index (κ2) is 4.83. The number of nitrogens with one attached hydrogen (secondary N) is 1. The first kappa shape index (κ1) is 12.0. The first-order valence-electron chi connectivity index (χ1n) is 5.60. The SMILES string of the molecule is NCCC(O)C(O)c1ccc2c(c1)C(=O)NC2. The Morgan fingerprint density at radius 1 is 1.41 bits per heavy atom. The molecule has 1 aliphatic rings. The van der Waals surface area contributed by atoms with Gasteiger partial charge in [0.2, 0.25) is 0 Å². The molecule has 1 aromatic rings. The number of carbonyl (C=O) groups is 1. The predicted molar refractivity (Wildman–Crippen MR) is 62.3 cm³/mol. The van der Waals surface area contributed by atoms with Crippen molar-refractivity contribution in [2.75, 3.05) is 6.54 Å². The molecule has 0 aromatic heterocycles. The summed E-state index contributed by atoms with van der Waals surface area (Å²) >= 11 is 0. The Hall–Kier alpha value is -1.43. The fourth-order valence-corrected chi connectivity index (χ4v) is 1.97. The van der Waals surface area contributed by atoms with Gasteiger partial charge in [-0.15, -0.1) is 0 Å². The van der Waals surface area contributed by atoms with Crippen molar-refractivity contribution in [2.45, 2.75) is 25.2 Å². The minimum absolute atomic E-state index is 0.137. The first-order chi connectivity index (χ1) is 8.13. The second-order valence-corrected chi connectivity index (χ2v) is 4.19. The Bertz CT molecular complexity index is 434. The number of amides is 1. The Balaban J connectivity index is 2.22. The molecule has 2 rings (SSSR count). The van der Waals surface area contributed by atoms with Gasteiger partial charge in [-0.3, -0.25) is 4.79 Å². The monoisotopic (exact) mass is 236 g/mol. The van der Waals surface area contributed by atoms with Gasteiger partial charge in [-0.25, -0.2) is 0 Å². The van der Waals surface area contributed by atoms with Crippen LogP contribution in [0.5, 0.6) is 0 Å². The van der Waals surface area contributed by atoms with Crippen LogP contribution in [-0.4, -0.2) is 28.8 Å². The van der Waals surface area contributed by atoms with E-state index in [1.807, 2.05) is 0 Å². The average Bonchev–Trinajstić information content (AvgIpc) is 2.70. The summed E-state index contributed by atoms with van der Waals surface area (Å²) in [5.74, 6) is -0.137. The first-order valence-corrected chi connectivity index (χ1v) is 5.60. The van der Waals surface area contributed by atoms with Crippen molar-refractivity contribution in [3.8, 4) is 0 Å². The molecule has 92 valence electrons. The summed E-state index contributed by atoms with van der Waals surface area (Å²) in [6.45, 7) is 0.833. The normalized spacial score (nSPS) is 17.5. The Morgan fingerprint density at radius 2 is 2.18 bits per heavy atom. The number of rotatable bonds is 4. The lowest BCUT2D eigenvalue weighted by molar-refractivity contribution is 0.0150. The lowest BCUT2D eigenvalue weighted by atomic mass is 9.98. The van der Waals surface area contributed by atoms with Crippen molar-refractivity contribution in [1.29, 1.82) is 0 Å². The molecule has 5 heteroatoms.